The van der Waals surface area contributed by atoms with Crippen molar-refractivity contribution in [2.75, 3.05) is 0 Å². The normalized spacial score (nSPS) is 11.0. The summed E-state index contributed by atoms with van der Waals surface area (Å²) in [6, 6.07) is 12.4. The summed E-state index contributed by atoms with van der Waals surface area (Å²) < 4.78 is 3.13. The number of hydrogen-bond acceptors (Lipinski definition) is 2. The summed E-state index contributed by atoms with van der Waals surface area (Å²) in [6.45, 7) is 2.06. The van der Waals surface area contributed by atoms with Crippen molar-refractivity contribution in [3.05, 3.63) is 64.0 Å². The second kappa shape index (κ2) is 4.53. The van der Waals surface area contributed by atoms with E-state index in [9.17, 15) is 0 Å². The zero-order valence-electron chi connectivity index (χ0n) is 9.97. The van der Waals surface area contributed by atoms with Gasteiger partial charge in [-0.1, -0.05) is 28.1 Å². The molecule has 0 saturated heterocycles. The van der Waals surface area contributed by atoms with Gasteiger partial charge in [0, 0.05) is 17.1 Å². The topological polar surface area (TPSA) is 30.2 Å². The third-order valence-electron chi connectivity index (χ3n) is 2.91. The van der Waals surface area contributed by atoms with E-state index < -0.39 is 0 Å². The smallest absolute Gasteiger partial charge is 0.161 e. The van der Waals surface area contributed by atoms with Crippen LogP contribution in [-0.2, 0) is 6.42 Å². The molecule has 2 heterocycles. The third-order valence-corrected chi connectivity index (χ3v) is 3.44. The van der Waals surface area contributed by atoms with E-state index in [2.05, 4.69) is 51.3 Å². The van der Waals surface area contributed by atoms with Gasteiger partial charge in [0.15, 0.2) is 5.65 Å². The number of fused-ring (bicyclic) bond motifs is 1. The van der Waals surface area contributed by atoms with Gasteiger partial charge in [-0.2, -0.15) is 0 Å². The fourth-order valence-corrected chi connectivity index (χ4v) is 2.21. The van der Waals surface area contributed by atoms with Crippen LogP contribution in [0.25, 0.3) is 5.65 Å². The molecular formula is C14H12BrN3. The van der Waals surface area contributed by atoms with Crippen LogP contribution >= 0.6 is 15.9 Å². The Morgan fingerprint density at radius 2 is 1.89 bits per heavy atom. The molecule has 0 spiro atoms. The van der Waals surface area contributed by atoms with Crippen molar-refractivity contribution < 1.29 is 0 Å². The summed E-state index contributed by atoms with van der Waals surface area (Å²) >= 11 is 3.44. The molecule has 0 radical (unpaired) electrons. The molecule has 3 nitrogen and oxygen atoms in total. The number of aromatic nitrogens is 3. The fourth-order valence-electron chi connectivity index (χ4n) is 1.95. The first-order chi connectivity index (χ1) is 8.72. The quantitative estimate of drug-likeness (QED) is 0.726. The molecule has 3 rings (SSSR count). The lowest BCUT2D eigenvalue weighted by atomic mass is 10.1. The van der Waals surface area contributed by atoms with Crippen LogP contribution in [0.4, 0.5) is 0 Å². The number of hydrogen-bond donors (Lipinski definition) is 0. The molecule has 0 unspecified atom stereocenters. The number of pyridine rings is 1. The molecule has 3 aromatic rings. The van der Waals surface area contributed by atoms with Crippen molar-refractivity contribution in [2.45, 2.75) is 13.3 Å². The fraction of sp³-hybridized carbons (Fsp3) is 0.143. The second-order valence-corrected chi connectivity index (χ2v) is 5.27. The van der Waals surface area contributed by atoms with Gasteiger partial charge in [0.25, 0.3) is 0 Å². The molecule has 18 heavy (non-hydrogen) atoms. The Morgan fingerprint density at radius 1 is 1.11 bits per heavy atom. The Kier molecular flexibility index (Phi) is 2.88. The van der Waals surface area contributed by atoms with Crippen molar-refractivity contribution in [3.8, 4) is 0 Å². The maximum Gasteiger partial charge on any atom is 0.161 e. The summed E-state index contributed by atoms with van der Waals surface area (Å²) in [5.74, 6) is 0.965. The summed E-state index contributed by atoms with van der Waals surface area (Å²) in [7, 11) is 0. The maximum absolute atomic E-state index is 4.26. The minimum Gasteiger partial charge on any atom is -0.286 e. The standard InChI is InChI=1S/C14H12BrN3/c1-10-6-7-18-13(8-10)16-17-14(18)9-11-2-4-12(15)5-3-11/h2-8H,9H2,1H3. The lowest BCUT2D eigenvalue weighted by molar-refractivity contribution is 0.933. The van der Waals surface area contributed by atoms with E-state index in [1.807, 2.05) is 28.8 Å². The molecule has 0 atom stereocenters. The van der Waals surface area contributed by atoms with Gasteiger partial charge in [0.2, 0.25) is 0 Å². The first-order valence-corrected chi connectivity index (χ1v) is 6.56. The van der Waals surface area contributed by atoms with Crippen LogP contribution in [0, 0.1) is 6.92 Å². The molecule has 2 aromatic heterocycles. The first-order valence-electron chi connectivity index (χ1n) is 5.77. The van der Waals surface area contributed by atoms with E-state index in [0.717, 1.165) is 22.4 Å². The Balaban J connectivity index is 1.97. The molecule has 0 aliphatic carbocycles. The van der Waals surface area contributed by atoms with Gasteiger partial charge in [-0.25, -0.2) is 0 Å². The van der Waals surface area contributed by atoms with Gasteiger partial charge < -0.3 is 0 Å². The number of halogens is 1. The highest BCUT2D eigenvalue weighted by Crippen LogP contribution is 2.14. The molecule has 0 fully saturated rings. The van der Waals surface area contributed by atoms with Crippen molar-refractivity contribution in [1.29, 1.82) is 0 Å². The Morgan fingerprint density at radius 3 is 2.67 bits per heavy atom. The van der Waals surface area contributed by atoms with Crippen LogP contribution in [0.1, 0.15) is 17.0 Å². The highest BCUT2D eigenvalue weighted by molar-refractivity contribution is 9.10. The zero-order chi connectivity index (χ0) is 12.5. The van der Waals surface area contributed by atoms with E-state index in [1.54, 1.807) is 0 Å². The van der Waals surface area contributed by atoms with Gasteiger partial charge in [0.05, 0.1) is 0 Å². The first kappa shape index (κ1) is 11.4. The summed E-state index contributed by atoms with van der Waals surface area (Å²) in [4.78, 5) is 0. The zero-order valence-corrected chi connectivity index (χ0v) is 11.6. The predicted octanol–water partition coefficient (Wildman–Crippen LogP) is 3.39. The number of nitrogens with zero attached hydrogens (tertiary/aromatic N) is 3. The van der Waals surface area contributed by atoms with Gasteiger partial charge in [-0.15, -0.1) is 10.2 Å². The third kappa shape index (κ3) is 2.16. The highest BCUT2D eigenvalue weighted by atomic mass is 79.9. The molecule has 0 amide bonds. The Labute approximate surface area is 114 Å². The monoisotopic (exact) mass is 301 g/mol. The van der Waals surface area contributed by atoms with Gasteiger partial charge in [-0.3, -0.25) is 4.40 Å². The molecule has 0 aliphatic rings. The van der Waals surface area contributed by atoms with Crippen LogP contribution in [0.2, 0.25) is 0 Å². The minimum absolute atomic E-state index is 0.789. The molecular weight excluding hydrogens is 290 g/mol. The van der Waals surface area contributed by atoms with E-state index in [-0.39, 0.29) is 0 Å². The Bertz CT molecular complexity index is 686. The lowest BCUT2D eigenvalue weighted by Gasteiger charge is -2.01. The molecule has 90 valence electrons. The van der Waals surface area contributed by atoms with Crippen LogP contribution in [0.5, 0.6) is 0 Å². The van der Waals surface area contributed by atoms with Crippen LogP contribution in [0.3, 0.4) is 0 Å². The summed E-state index contributed by atoms with van der Waals surface area (Å²) in [5.41, 5.74) is 3.33. The molecule has 1 aromatic carbocycles. The SMILES string of the molecule is Cc1ccn2c(Cc3ccc(Br)cc3)nnc2c1. The van der Waals surface area contributed by atoms with Gasteiger partial charge in [0.1, 0.15) is 5.82 Å². The van der Waals surface area contributed by atoms with E-state index >= 15 is 0 Å². The van der Waals surface area contributed by atoms with Gasteiger partial charge >= 0.3 is 0 Å². The molecule has 0 N–H and O–H groups in total. The number of aryl methyl sites for hydroxylation is 1. The predicted molar refractivity (Wildman–Crippen MR) is 74.7 cm³/mol. The van der Waals surface area contributed by atoms with Crippen molar-refractivity contribution in [1.82, 2.24) is 14.6 Å². The number of rotatable bonds is 2. The maximum atomic E-state index is 4.26. The van der Waals surface area contributed by atoms with E-state index in [0.29, 0.717) is 0 Å². The summed E-state index contributed by atoms with van der Waals surface area (Å²) in [6.07, 6.45) is 2.82. The van der Waals surface area contributed by atoms with Crippen molar-refractivity contribution in [2.24, 2.45) is 0 Å². The largest absolute Gasteiger partial charge is 0.286 e. The van der Waals surface area contributed by atoms with Gasteiger partial charge in [-0.05, 0) is 42.3 Å². The lowest BCUT2D eigenvalue weighted by Crippen LogP contribution is -1.96. The van der Waals surface area contributed by atoms with E-state index in [4.69, 9.17) is 0 Å². The molecule has 4 heteroatoms. The second-order valence-electron chi connectivity index (χ2n) is 4.35. The number of benzene rings is 1. The average Bonchev–Trinajstić information content (AvgIpc) is 2.74. The molecule has 0 bridgehead atoms. The van der Waals surface area contributed by atoms with Crippen LogP contribution < -0.4 is 0 Å². The average molecular weight is 302 g/mol. The minimum atomic E-state index is 0.789. The molecule has 0 saturated carbocycles. The Hall–Kier alpha value is -1.68. The van der Waals surface area contributed by atoms with Crippen LogP contribution in [-0.4, -0.2) is 14.6 Å². The van der Waals surface area contributed by atoms with Crippen LogP contribution in [0.15, 0.2) is 47.1 Å². The van der Waals surface area contributed by atoms with Crippen molar-refractivity contribution in [3.63, 3.8) is 0 Å². The molecule has 0 aliphatic heterocycles. The van der Waals surface area contributed by atoms with E-state index in [1.165, 1.54) is 11.1 Å². The summed E-state index contributed by atoms with van der Waals surface area (Å²) in [5, 5.41) is 8.45. The van der Waals surface area contributed by atoms with Crippen molar-refractivity contribution >= 4 is 21.6 Å². The highest BCUT2D eigenvalue weighted by Gasteiger charge is 2.06.